The zero-order chi connectivity index (χ0) is 41.4. The molecule has 0 aliphatic rings. The van der Waals surface area contributed by atoms with Crippen molar-refractivity contribution in [3.8, 4) is 90.3 Å². The van der Waals surface area contributed by atoms with Crippen LogP contribution in [0.4, 0.5) is 0 Å². The van der Waals surface area contributed by atoms with E-state index < -0.39 is 0 Å². The van der Waals surface area contributed by atoms with Gasteiger partial charge in [-0.2, -0.15) is 0 Å². The summed E-state index contributed by atoms with van der Waals surface area (Å²) in [5.74, 6) is 3.04. The lowest BCUT2D eigenvalue weighted by atomic mass is 9.94. The number of hydrogen-bond acceptors (Lipinski definition) is 7. The van der Waals surface area contributed by atoms with Gasteiger partial charge in [0.1, 0.15) is 0 Å². The summed E-state index contributed by atoms with van der Waals surface area (Å²) in [6.45, 7) is 5.96. The number of aromatic nitrogens is 7. The third kappa shape index (κ3) is 8.63. The Labute approximate surface area is 355 Å². The molecular formula is C54H39N7. The Morgan fingerprint density at radius 2 is 0.803 bits per heavy atom. The van der Waals surface area contributed by atoms with E-state index in [1.807, 2.05) is 61.5 Å². The second-order valence-corrected chi connectivity index (χ2v) is 14.3. The Bertz CT molecular complexity index is 2910. The lowest BCUT2D eigenvalue weighted by Gasteiger charge is -2.14. The van der Waals surface area contributed by atoms with Gasteiger partial charge in [-0.25, -0.2) is 34.9 Å². The molecule has 0 fully saturated rings. The fraction of sp³-hybridized carbons (Fsp3) is 0.0185. The van der Waals surface area contributed by atoms with Gasteiger partial charge in [0.15, 0.2) is 29.1 Å². The maximum atomic E-state index is 5.24. The molecule has 9 rings (SSSR count). The molecular weight excluding hydrogens is 747 g/mol. The van der Waals surface area contributed by atoms with E-state index in [-0.39, 0.29) is 0 Å². The number of allylic oxidation sites excluding steroid dienone is 5. The highest BCUT2D eigenvalue weighted by Gasteiger charge is 2.17. The highest BCUT2D eigenvalue weighted by molar-refractivity contribution is 5.83. The molecule has 6 aromatic carbocycles. The third-order valence-electron chi connectivity index (χ3n) is 10.2. The van der Waals surface area contributed by atoms with Crippen molar-refractivity contribution in [3.63, 3.8) is 0 Å². The Kier molecular flexibility index (Phi) is 11.1. The summed E-state index contributed by atoms with van der Waals surface area (Å²) in [6, 6.07) is 53.8. The van der Waals surface area contributed by atoms with Crippen molar-refractivity contribution < 1.29 is 0 Å². The SMILES string of the molecule is C=C/C=C(\C=C/C)c1cccc(-c2nc(-c3cccc(-c4ccccc4)c3)nc(-c3cc(-c4ccc(-c5ncccn5)cc4)cc(-c4ccc(-c5ncccn5)cc4)c3)n2)c1. The summed E-state index contributed by atoms with van der Waals surface area (Å²) in [6.07, 6.45) is 14.9. The van der Waals surface area contributed by atoms with Crippen LogP contribution in [-0.2, 0) is 0 Å². The fourth-order valence-corrected chi connectivity index (χ4v) is 7.23. The number of nitrogens with zero attached hydrogens (tertiary/aromatic N) is 7. The van der Waals surface area contributed by atoms with Gasteiger partial charge in [-0.15, -0.1) is 0 Å². The molecule has 7 nitrogen and oxygen atoms in total. The van der Waals surface area contributed by atoms with Crippen LogP contribution in [0.1, 0.15) is 12.5 Å². The first-order valence-corrected chi connectivity index (χ1v) is 20.0. The lowest BCUT2D eigenvalue weighted by Crippen LogP contribution is -2.01. The molecule has 0 amide bonds. The van der Waals surface area contributed by atoms with E-state index in [9.17, 15) is 0 Å². The number of rotatable bonds is 11. The summed E-state index contributed by atoms with van der Waals surface area (Å²) in [7, 11) is 0. The minimum Gasteiger partial charge on any atom is -0.237 e. The van der Waals surface area contributed by atoms with Crippen molar-refractivity contribution in [1.29, 1.82) is 0 Å². The minimum absolute atomic E-state index is 0.553. The van der Waals surface area contributed by atoms with E-state index in [4.69, 9.17) is 15.0 Å². The van der Waals surface area contributed by atoms with E-state index in [1.165, 1.54) is 0 Å². The Hall–Kier alpha value is -8.29. The lowest BCUT2D eigenvalue weighted by molar-refractivity contribution is 1.07. The zero-order valence-electron chi connectivity index (χ0n) is 33.5. The van der Waals surface area contributed by atoms with Crippen LogP contribution < -0.4 is 0 Å². The first kappa shape index (κ1) is 38.2. The van der Waals surface area contributed by atoms with E-state index in [0.717, 1.165) is 72.3 Å². The summed E-state index contributed by atoms with van der Waals surface area (Å²) >= 11 is 0. The van der Waals surface area contributed by atoms with Gasteiger partial charge in [0.05, 0.1) is 0 Å². The van der Waals surface area contributed by atoms with E-state index in [2.05, 4.69) is 148 Å². The van der Waals surface area contributed by atoms with Gasteiger partial charge in [0.2, 0.25) is 0 Å². The number of benzene rings is 6. The van der Waals surface area contributed by atoms with Crippen LogP contribution in [0.3, 0.4) is 0 Å². The second-order valence-electron chi connectivity index (χ2n) is 14.3. The molecule has 0 N–H and O–H groups in total. The highest BCUT2D eigenvalue weighted by atomic mass is 15.0. The fourth-order valence-electron chi connectivity index (χ4n) is 7.23. The molecule has 0 atom stereocenters. The molecule has 0 bridgehead atoms. The molecule has 290 valence electrons. The predicted octanol–water partition coefficient (Wildman–Crippen LogP) is 12.9. The third-order valence-corrected chi connectivity index (χ3v) is 10.2. The Morgan fingerprint density at radius 1 is 0.377 bits per heavy atom. The van der Waals surface area contributed by atoms with Crippen molar-refractivity contribution in [3.05, 3.63) is 219 Å². The molecule has 0 spiro atoms. The summed E-state index contributed by atoms with van der Waals surface area (Å²) in [5.41, 5.74) is 12.8. The van der Waals surface area contributed by atoms with E-state index in [0.29, 0.717) is 29.1 Å². The maximum Gasteiger partial charge on any atom is 0.164 e. The average Bonchev–Trinajstić information content (AvgIpc) is 3.34. The summed E-state index contributed by atoms with van der Waals surface area (Å²) in [5, 5.41) is 0. The van der Waals surface area contributed by atoms with Crippen molar-refractivity contribution in [1.82, 2.24) is 34.9 Å². The van der Waals surface area contributed by atoms with Crippen LogP contribution in [0.2, 0.25) is 0 Å². The Balaban J connectivity index is 1.22. The molecule has 0 saturated heterocycles. The topological polar surface area (TPSA) is 90.2 Å². The first-order chi connectivity index (χ1) is 30.1. The predicted molar refractivity (Wildman–Crippen MR) is 247 cm³/mol. The Morgan fingerprint density at radius 3 is 1.34 bits per heavy atom. The molecule has 7 heteroatoms. The average molecular weight is 786 g/mol. The first-order valence-electron chi connectivity index (χ1n) is 20.0. The molecule has 0 aliphatic carbocycles. The quantitative estimate of drug-likeness (QED) is 0.121. The van der Waals surface area contributed by atoms with Crippen LogP contribution in [0, 0.1) is 0 Å². The van der Waals surface area contributed by atoms with Gasteiger partial charge < -0.3 is 0 Å². The van der Waals surface area contributed by atoms with Crippen molar-refractivity contribution in [2.45, 2.75) is 6.92 Å². The monoisotopic (exact) mass is 785 g/mol. The van der Waals surface area contributed by atoms with Crippen molar-refractivity contribution >= 4 is 5.57 Å². The van der Waals surface area contributed by atoms with Gasteiger partial charge in [0.25, 0.3) is 0 Å². The van der Waals surface area contributed by atoms with Crippen LogP contribution in [0.15, 0.2) is 213 Å². The van der Waals surface area contributed by atoms with Gasteiger partial charge in [-0.05, 0) is 93.9 Å². The largest absolute Gasteiger partial charge is 0.237 e. The molecule has 3 heterocycles. The smallest absolute Gasteiger partial charge is 0.164 e. The highest BCUT2D eigenvalue weighted by Crippen LogP contribution is 2.35. The zero-order valence-corrected chi connectivity index (χ0v) is 33.5. The van der Waals surface area contributed by atoms with Gasteiger partial charge in [-0.1, -0.05) is 146 Å². The molecule has 0 radical (unpaired) electrons. The molecule has 3 aromatic heterocycles. The van der Waals surface area contributed by atoms with Gasteiger partial charge >= 0.3 is 0 Å². The van der Waals surface area contributed by atoms with Crippen molar-refractivity contribution in [2.75, 3.05) is 0 Å². The van der Waals surface area contributed by atoms with Crippen molar-refractivity contribution in [2.24, 2.45) is 0 Å². The molecule has 0 aliphatic heterocycles. The van der Waals surface area contributed by atoms with E-state index in [1.54, 1.807) is 30.9 Å². The maximum absolute atomic E-state index is 5.24. The van der Waals surface area contributed by atoms with Crippen LogP contribution in [0.25, 0.3) is 95.9 Å². The molecule has 61 heavy (non-hydrogen) atoms. The summed E-state index contributed by atoms with van der Waals surface area (Å²) in [4.78, 5) is 33.5. The normalized spacial score (nSPS) is 11.5. The van der Waals surface area contributed by atoms with Gasteiger partial charge in [0, 0.05) is 52.6 Å². The number of hydrogen-bond donors (Lipinski definition) is 0. The van der Waals surface area contributed by atoms with E-state index >= 15 is 0 Å². The molecule has 0 unspecified atom stereocenters. The van der Waals surface area contributed by atoms with Crippen LogP contribution in [-0.4, -0.2) is 34.9 Å². The minimum atomic E-state index is 0.553. The second kappa shape index (κ2) is 17.7. The molecule has 9 aromatic rings. The standard InChI is InChI=1S/C54H39N7/c1-3-12-37(13-4-2)43-16-8-18-45(32-43)52-59-53(46-19-9-17-44(33-46)38-14-6-5-7-15-38)61-54(60-52)49-35-47(39-20-24-41(25-21-39)50-55-28-10-29-56-50)34-48(36-49)40-22-26-42(27-23-40)51-57-30-11-31-58-51/h3-36H,1H2,2H3/b13-4-,37-12+. The summed E-state index contributed by atoms with van der Waals surface area (Å²) < 4.78 is 0. The van der Waals surface area contributed by atoms with Gasteiger partial charge in [-0.3, -0.25) is 0 Å². The molecule has 0 saturated carbocycles. The van der Waals surface area contributed by atoms with Crippen LogP contribution in [0.5, 0.6) is 0 Å². The van der Waals surface area contributed by atoms with Crippen LogP contribution >= 0.6 is 0 Å².